The highest BCUT2D eigenvalue weighted by Gasteiger charge is 2.38. The highest BCUT2D eigenvalue weighted by atomic mass is 33.1. The smallest absolute Gasteiger partial charge is 0.327 e. The van der Waals surface area contributed by atoms with Crippen LogP contribution in [0.2, 0.25) is 0 Å². The van der Waals surface area contributed by atoms with E-state index in [2.05, 4.69) is 62.5 Å². The van der Waals surface area contributed by atoms with Crippen molar-refractivity contribution in [2.45, 2.75) is 207 Å². The van der Waals surface area contributed by atoms with Gasteiger partial charge in [0.05, 0.1) is 68.7 Å². The molecule has 0 radical (unpaired) electrons. The summed E-state index contributed by atoms with van der Waals surface area (Å²) in [6, 6.07) is -2.06. The molecule has 0 aliphatic heterocycles. The number of hydrogen-bond acceptors (Lipinski definition) is 37. The number of ketones is 3. The van der Waals surface area contributed by atoms with Crippen molar-refractivity contribution in [3.05, 3.63) is 52.1 Å². The van der Waals surface area contributed by atoms with Gasteiger partial charge in [-0.15, -0.1) is 0 Å². The molecular formula is C70H105N13O34S2. The molecule has 3 aromatic rings. The molecule has 7 amide bonds. The van der Waals surface area contributed by atoms with E-state index in [1.807, 2.05) is 0 Å². The van der Waals surface area contributed by atoms with Crippen molar-refractivity contribution in [1.29, 1.82) is 0 Å². The number of carboxylic acids is 4. The standard InChI is InChI=1S/C70H105N13O34S2/c1-2-118-119-30-41(69(116)117)81-66(112)34(7-16-52(98)75-26-46(92)58(105)61(108)49(95)29-86)21-43(89)39(13-18-54(101)102)79-65(111)33(6-15-51(97)74-25-45(91)57(104)60(107)48(94)28-85)20-42(88)38(12-17-53(99)100)78-64(110)32(5-14-50(96)73-24-44(90)56(103)59(106)47(93)27-84)19-37(87)10-11-40(68(114)115)80-63(109)31-3-8-35(9-4-31)72-22-36-23-76-62-55(77-36)67(113)83-70(71)82-62/h3-4,8-9,23,32-34,38-41,44-49,56-61,72,84-86,90-95,103-108H,2,5-7,10-22,24-30H2,1H3,(H,73,96)(H,74,97)(H,75,98)(H,78,110)(H,79,111)(H,80,109)(H,81,112)(H,99,100)(H,101,102)(H,114,115)(H,116,117)(H3,71,76,82,83,113)/t32-,33-,34-,38+,39+,40+,41+,44+,45+,46+,47-,48-,49-,56-,57-,58-,59-,60-,61-/m1/s1. The van der Waals surface area contributed by atoms with Crippen LogP contribution in [-0.4, -0.2) is 348 Å². The number of hydrogen-bond donors (Lipinski definition) is 29. The summed E-state index contributed by atoms with van der Waals surface area (Å²) in [5.41, 5.74) is 5.44. The second kappa shape index (κ2) is 53.1. The molecule has 2 aromatic heterocycles. The van der Waals surface area contributed by atoms with Gasteiger partial charge < -0.3 is 145 Å². The van der Waals surface area contributed by atoms with Crippen molar-refractivity contribution in [2.75, 3.05) is 62.0 Å². The maximum Gasteiger partial charge on any atom is 0.327 e. The summed E-state index contributed by atoms with van der Waals surface area (Å²) in [5, 5.41) is 208. The zero-order valence-electron chi connectivity index (χ0n) is 64.2. The van der Waals surface area contributed by atoms with Gasteiger partial charge in [-0.3, -0.25) is 67.3 Å². The molecule has 0 bridgehead atoms. The molecule has 0 spiro atoms. The van der Waals surface area contributed by atoms with E-state index in [1.54, 1.807) is 6.92 Å². The van der Waals surface area contributed by atoms with E-state index in [9.17, 15) is 164 Å². The lowest BCUT2D eigenvalue weighted by molar-refractivity contribution is -0.142. The third-order valence-electron chi connectivity index (χ3n) is 18.3. The number of anilines is 2. The number of rotatable bonds is 61. The lowest BCUT2D eigenvalue weighted by atomic mass is 9.89. The fourth-order valence-corrected chi connectivity index (χ4v) is 13.0. The number of aliphatic hydroxyl groups excluding tert-OH is 15. The lowest BCUT2D eigenvalue weighted by Crippen LogP contribution is -2.50. The number of aromatic amines is 1. The second-order valence-electron chi connectivity index (χ2n) is 27.5. The third-order valence-corrected chi connectivity index (χ3v) is 20.8. The summed E-state index contributed by atoms with van der Waals surface area (Å²) in [6.45, 7) is -4.07. The van der Waals surface area contributed by atoms with Gasteiger partial charge >= 0.3 is 23.9 Å². The monoisotopic (exact) mass is 1740 g/mol. The predicted octanol–water partition coefficient (Wildman–Crippen LogP) is -9.74. The average molecular weight is 1740 g/mol. The molecular weight excluding hydrogens is 1630 g/mol. The quantitative estimate of drug-likeness (QED) is 0.0184. The molecule has 2 heterocycles. The number of H-pyrrole nitrogens is 1. The van der Waals surface area contributed by atoms with Gasteiger partial charge in [-0.05, 0) is 62.8 Å². The predicted molar refractivity (Wildman–Crippen MR) is 411 cm³/mol. The summed E-state index contributed by atoms with van der Waals surface area (Å²) in [7, 11) is 2.22. The summed E-state index contributed by atoms with van der Waals surface area (Å²) >= 11 is 0. The van der Waals surface area contributed by atoms with Gasteiger partial charge in [-0.25, -0.2) is 19.6 Å². The Bertz CT molecular complexity index is 3930. The maximum atomic E-state index is 14.8. The molecule has 0 fully saturated rings. The number of nitrogens with two attached hydrogens (primary N) is 1. The number of nitrogens with zero attached hydrogens (tertiary/aromatic N) is 3. The van der Waals surface area contributed by atoms with E-state index in [0.29, 0.717) is 17.1 Å². The molecule has 1 aromatic carbocycles. The number of fused-ring (bicyclic) bond motifs is 1. The third kappa shape index (κ3) is 36.8. The highest BCUT2D eigenvalue weighted by Crippen LogP contribution is 2.25. The minimum atomic E-state index is -2.22. The number of aromatic nitrogens is 4. The Balaban J connectivity index is 2.08. The number of carboxylic acid groups (broad SMARTS) is 4. The van der Waals surface area contributed by atoms with Crippen LogP contribution in [0.15, 0.2) is 35.3 Å². The number of amides is 7. The number of nitrogens with one attached hydrogen (secondary N) is 9. The lowest BCUT2D eigenvalue weighted by Gasteiger charge is -2.26. The molecule has 666 valence electrons. The van der Waals surface area contributed by atoms with Gasteiger partial charge in [0, 0.05) is 118 Å². The van der Waals surface area contributed by atoms with Crippen molar-refractivity contribution in [1.82, 2.24) is 57.2 Å². The van der Waals surface area contributed by atoms with Gasteiger partial charge in [-0.2, -0.15) is 4.98 Å². The Labute approximate surface area is 684 Å². The number of nitrogen functional groups attached to an aromatic ring is 1. The van der Waals surface area contributed by atoms with Crippen molar-refractivity contribution in [3.8, 4) is 0 Å². The van der Waals surface area contributed by atoms with Gasteiger partial charge in [0.15, 0.2) is 22.7 Å². The van der Waals surface area contributed by atoms with Gasteiger partial charge in [0.25, 0.3) is 11.5 Å². The molecule has 0 aliphatic rings. The zero-order chi connectivity index (χ0) is 89.5. The fourth-order valence-electron chi connectivity index (χ4n) is 11.2. The fraction of sp³-hybridized carbons (Fsp3) is 0.629. The molecule has 47 nitrogen and oxygen atoms in total. The Morgan fingerprint density at radius 1 is 0.462 bits per heavy atom. The second-order valence-corrected chi connectivity index (χ2v) is 30.3. The van der Waals surface area contributed by atoms with E-state index < -0.39 is 339 Å². The minimum Gasteiger partial charge on any atom is -0.481 e. The average Bonchev–Trinajstić information content (AvgIpc) is 0.808. The first-order chi connectivity index (χ1) is 56.0. The summed E-state index contributed by atoms with van der Waals surface area (Å²) in [4.78, 5) is 217. The molecule has 119 heavy (non-hydrogen) atoms. The minimum absolute atomic E-state index is 0.0102. The molecule has 3 rings (SSSR count). The maximum absolute atomic E-state index is 14.8. The molecule has 0 unspecified atom stereocenters. The Kier molecular flexibility index (Phi) is 46.2. The van der Waals surface area contributed by atoms with Gasteiger partial charge in [0.2, 0.25) is 41.4 Å². The summed E-state index contributed by atoms with van der Waals surface area (Å²) in [6.07, 6.45) is -36.4. The first kappa shape index (κ1) is 104. The topological polar surface area (TPSA) is 817 Å². The number of benzene rings is 1. The van der Waals surface area contributed by atoms with Crippen LogP contribution in [0.5, 0.6) is 0 Å². The van der Waals surface area contributed by atoms with Crippen molar-refractivity contribution in [3.63, 3.8) is 0 Å². The van der Waals surface area contributed by atoms with E-state index in [0.717, 1.165) is 10.8 Å². The summed E-state index contributed by atoms with van der Waals surface area (Å²) in [5.74, 6) is -23.3. The van der Waals surface area contributed by atoms with Crippen LogP contribution in [0, 0.1) is 17.8 Å². The molecule has 49 heteroatoms. The Hall–Kier alpha value is -9.68. The van der Waals surface area contributed by atoms with Crippen LogP contribution in [0.4, 0.5) is 11.6 Å². The van der Waals surface area contributed by atoms with E-state index >= 15 is 0 Å². The van der Waals surface area contributed by atoms with Crippen LogP contribution < -0.4 is 53.8 Å². The largest absolute Gasteiger partial charge is 0.481 e. The van der Waals surface area contributed by atoms with Crippen LogP contribution >= 0.6 is 21.6 Å². The van der Waals surface area contributed by atoms with Crippen LogP contribution in [0.3, 0.4) is 0 Å². The number of carbonyl (C=O) groups excluding carboxylic acids is 10. The molecule has 30 N–H and O–H groups in total. The number of aliphatic hydroxyl groups is 15. The summed E-state index contributed by atoms with van der Waals surface area (Å²) < 4.78 is 0. The van der Waals surface area contributed by atoms with E-state index in [-0.39, 0.29) is 35.0 Å². The zero-order valence-corrected chi connectivity index (χ0v) is 65.8. The Morgan fingerprint density at radius 2 is 0.849 bits per heavy atom. The van der Waals surface area contributed by atoms with E-state index in [4.69, 9.17) is 10.8 Å². The highest BCUT2D eigenvalue weighted by molar-refractivity contribution is 8.76. The first-order valence-electron chi connectivity index (χ1n) is 37.1. The molecule has 0 aliphatic carbocycles. The number of aliphatic carboxylic acids is 4. The number of carbonyl (C=O) groups is 14. The van der Waals surface area contributed by atoms with Crippen molar-refractivity contribution in [2.24, 2.45) is 17.8 Å². The Morgan fingerprint density at radius 3 is 1.24 bits per heavy atom. The van der Waals surface area contributed by atoms with Crippen molar-refractivity contribution >= 4 is 127 Å². The van der Waals surface area contributed by atoms with Crippen LogP contribution in [-0.2, 0) is 68.9 Å². The van der Waals surface area contributed by atoms with Crippen molar-refractivity contribution < 1.29 is 164 Å². The van der Waals surface area contributed by atoms with Gasteiger partial charge in [0.1, 0.15) is 72.8 Å². The first-order valence-corrected chi connectivity index (χ1v) is 39.6. The SMILES string of the molecule is CCSSC[C@H](NC(=O)[C@H](CCC(=O)NC[C@H](O)[C@@H](O)[C@H](O)[C@H](O)CO)CC(=O)[C@H](CCC(=O)O)NC(=O)[C@H](CCC(=O)NC[C@H](O)[C@@H](O)[C@H](O)[C@H](O)CO)CC(=O)[C@H](CCC(=O)O)NC(=O)[C@H](CCC(=O)NC[C@H](O)[C@@H](O)[C@H](O)[C@H](O)CO)CC(=O)CC[C@H](NC(=O)c1ccc(NCc2cnc3nc(N)[nH]c(=O)c3n2)cc1)C(=O)O)C(=O)O. The van der Waals surface area contributed by atoms with Crippen LogP contribution in [0.25, 0.3) is 11.2 Å². The normalized spacial score (nSPS) is 16.3. The molecule has 0 saturated carbocycles. The number of Topliss-reactive ketones (excluding diaryl/α,β-unsaturated/α-hetero) is 3. The van der Waals surface area contributed by atoms with Gasteiger partial charge in [-0.1, -0.05) is 28.5 Å². The molecule has 19 atom stereocenters. The van der Waals surface area contributed by atoms with Crippen LogP contribution in [0.1, 0.15) is 119 Å². The van der Waals surface area contributed by atoms with E-state index in [1.165, 1.54) is 41.3 Å². The molecule has 0 saturated heterocycles.